The Hall–Kier alpha value is -1.94. The number of hydrogen-bond donors (Lipinski definition) is 2. The van der Waals surface area contributed by atoms with Crippen LogP contribution in [0.4, 0.5) is 0 Å². The minimum atomic E-state index is 0. The Kier molecular flexibility index (Phi) is 8.05. The van der Waals surface area contributed by atoms with E-state index < -0.39 is 0 Å². The molecule has 8 heteroatoms. The second-order valence-corrected chi connectivity index (χ2v) is 6.76. The van der Waals surface area contributed by atoms with Gasteiger partial charge in [0.05, 0.1) is 12.2 Å². The Morgan fingerprint density at radius 2 is 1.81 bits per heavy atom. The largest absolute Gasteiger partial charge is 0.352 e. The maximum atomic E-state index is 4.28. The molecule has 0 radical (unpaired) electrons. The van der Waals surface area contributed by atoms with E-state index in [0.717, 1.165) is 24.6 Å². The number of nitrogens with one attached hydrogen (secondary N) is 2. The lowest BCUT2D eigenvalue weighted by atomic mass is 10.2. The lowest BCUT2D eigenvalue weighted by molar-refractivity contribution is 0.814. The number of aryl methyl sites for hydroxylation is 1. The second kappa shape index (κ2) is 10.3. The molecule has 0 spiro atoms. The molecule has 2 heterocycles. The highest BCUT2D eigenvalue weighted by Crippen LogP contribution is 2.16. The molecule has 3 aromatic rings. The summed E-state index contributed by atoms with van der Waals surface area (Å²) in [5, 5.41) is 10.8. The summed E-state index contributed by atoms with van der Waals surface area (Å²) in [5.74, 6) is 0.798. The summed E-state index contributed by atoms with van der Waals surface area (Å²) in [6.45, 7) is 3.68. The number of thiophene rings is 1. The summed E-state index contributed by atoms with van der Waals surface area (Å²) >= 11 is 1.84. The van der Waals surface area contributed by atoms with E-state index in [0.29, 0.717) is 6.54 Å². The summed E-state index contributed by atoms with van der Waals surface area (Å²) in [4.78, 5) is 11.0. The van der Waals surface area contributed by atoms with Gasteiger partial charge in [0, 0.05) is 23.3 Å². The lowest BCUT2D eigenvalue weighted by Crippen LogP contribution is -2.36. The Labute approximate surface area is 174 Å². The van der Waals surface area contributed by atoms with Crippen molar-refractivity contribution in [3.63, 3.8) is 0 Å². The van der Waals surface area contributed by atoms with Gasteiger partial charge in [-0.15, -0.1) is 35.3 Å². The number of halogens is 1. The molecule has 3 rings (SSSR count). The van der Waals surface area contributed by atoms with Gasteiger partial charge in [0.15, 0.2) is 5.96 Å². The van der Waals surface area contributed by atoms with Crippen LogP contribution in [-0.2, 0) is 19.5 Å². The zero-order valence-corrected chi connectivity index (χ0v) is 18.0. The van der Waals surface area contributed by atoms with Gasteiger partial charge in [-0.05, 0) is 36.2 Å². The average Bonchev–Trinajstić information content (AvgIpc) is 3.34. The molecule has 6 nitrogen and oxygen atoms in total. The molecule has 26 heavy (non-hydrogen) atoms. The molecule has 0 amide bonds. The summed E-state index contributed by atoms with van der Waals surface area (Å²) in [6, 6.07) is 12.6. The normalized spacial score (nSPS) is 11.1. The number of benzene rings is 1. The van der Waals surface area contributed by atoms with Crippen molar-refractivity contribution >= 4 is 41.3 Å². The predicted molar refractivity (Wildman–Crippen MR) is 118 cm³/mol. The smallest absolute Gasteiger partial charge is 0.191 e. The third-order valence-electron chi connectivity index (χ3n) is 3.80. The van der Waals surface area contributed by atoms with Crippen LogP contribution >= 0.6 is 35.3 Å². The van der Waals surface area contributed by atoms with Crippen LogP contribution in [0.25, 0.3) is 5.69 Å². The maximum Gasteiger partial charge on any atom is 0.191 e. The van der Waals surface area contributed by atoms with Gasteiger partial charge < -0.3 is 10.6 Å². The highest BCUT2D eigenvalue weighted by molar-refractivity contribution is 14.0. The van der Waals surface area contributed by atoms with Crippen LogP contribution in [-0.4, -0.2) is 27.8 Å². The molecule has 0 aliphatic carbocycles. The Morgan fingerprint density at radius 3 is 2.42 bits per heavy atom. The van der Waals surface area contributed by atoms with Crippen LogP contribution < -0.4 is 10.6 Å². The zero-order chi connectivity index (χ0) is 17.5. The van der Waals surface area contributed by atoms with Crippen LogP contribution in [0.1, 0.15) is 22.2 Å². The minimum absolute atomic E-state index is 0. The molecule has 2 N–H and O–H groups in total. The standard InChI is InChI=1S/C18H22N6S.HI/c1-3-16-8-9-17(25-16)11-22-18(19-2)21-10-14-4-6-15(7-5-14)24-13-20-12-23-24;/h4-9,12-13H,3,10-11H2,1-2H3,(H2,19,21,22);1H. The molecule has 138 valence electrons. The lowest BCUT2D eigenvalue weighted by Gasteiger charge is -2.11. The van der Waals surface area contributed by atoms with Gasteiger partial charge in [0.2, 0.25) is 0 Å². The van der Waals surface area contributed by atoms with E-state index in [1.54, 1.807) is 18.1 Å². The van der Waals surface area contributed by atoms with Crippen molar-refractivity contribution in [2.45, 2.75) is 26.4 Å². The van der Waals surface area contributed by atoms with Crippen molar-refractivity contribution in [3.8, 4) is 5.69 Å². The van der Waals surface area contributed by atoms with E-state index in [4.69, 9.17) is 0 Å². The fraction of sp³-hybridized carbons (Fsp3) is 0.278. The van der Waals surface area contributed by atoms with Gasteiger partial charge in [-0.1, -0.05) is 19.1 Å². The van der Waals surface area contributed by atoms with Gasteiger partial charge in [-0.3, -0.25) is 4.99 Å². The third-order valence-corrected chi connectivity index (χ3v) is 5.03. The molecule has 0 saturated carbocycles. The minimum Gasteiger partial charge on any atom is -0.352 e. The number of rotatable bonds is 6. The van der Waals surface area contributed by atoms with Crippen LogP contribution in [0, 0.1) is 0 Å². The molecule has 0 aliphatic heterocycles. The van der Waals surface area contributed by atoms with Crippen molar-refractivity contribution < 1.29 is 0 Å². The monoisotopic (exact) mass is 482 g/mol. The van der Waals surface area contributed by atoms with Crippen molar-refractivity contribution in [1.29, 1.82) is 0 Å². The van der Waals surface area contributed by atoms with Gasteiger partial charge in [0.25, 0.3) is 0 Å². The quantitative estimate of drug-likeness (QED) is 0.321. The topological polar surface area (TPSA) is 67.1 Å². The molecule has 1 aromatic carbocycles. The summed E-state index contributed by atoms with van der Waals surface area (Å²) in [6.07, 6.45) is 4.30. The molecular weight excluding hydrogens is 459 g/mol. The molecule has 0 fully saturated rings. The fourth-order valence-electron chi connectivity index (χ4n) is 2.39. The number of aromatic nitrogens is 3. The number of nitrogens with zero attached hydrogens (tertiary/aromatic N) is 4. The molecule has 0 bridgehead atoms. The fourth-order valence-corrected chi connectivity index (χ4v) is 3.29. The van der Waals surface area contributed by atoms with Crippen LogP contribution in [0.3, 0.4) is 0 Å². The average molecular weight is 482 g/mol. The summed E-state index contributed by atoms with van der Waals surface area (Å²) < 4.78 is 1.74. The Bertz CT molecular complexity index is 811. The van der Waals surface area contributed by atoms with Crippen LogP contribution in [0.5, 0.6) is 0 Å². The van der Waals surface area contributed by atoms with Crippen molar-refractivity contribution in [2.75, 3.05) is 7.05 Å². The molecule has 2 aromatic heterocycles. The molecule has 0 atom stereocenters. The van der Waals surface area contributed by atoms with E-state index in [1.807, 2.05) is 23.5 Å². The second-order valence-electron chi connectivity index (χ2n) is 5.51. The highest BCUT2D eigenvalue weighted by Gasteiger charge is 2.02. The summed E-state index contributed by atoms with van der Waals surface area (Å²) in [5.41, 5.74) is 2.17. The van der Waals surface area contributed by atoms with Crippen molar-refractivity contribution in [1.82, 2.24) is 25.4 Å². The Balaban J connectivity index is 0.00000243. The first-order valence-electron chi connectivity index (χ1n) is 8.24. The number of hydrogen-bond acceptors (Lipinski definition) is 4. The van der Waals surface area contributed by atoms with Crippen molar-refractivity contribution in [3.05, 3.63) is 64.4 Å². The molecule has 0 saturated heterocycles. The van der Waals surface area contributed by atoms with E-state index in [2.05, 4.69) is 56.9 Å². The maximum absolute atomic E-state index is 4.28. The zero-order valence-electron chi connectivity index (χ0n) is 14.8. The molecule has 0 unspecified atom stereocenters. The van der Waals surface area contributed by atoms with Gasteiger partial charge >= 0.3 is 0 Å². The Morgan fingerprint density at radius 1 is 1.08 bits per heavy atom. The van der Waals surface area contributed by atoms with E-state index in [9.17, 15) is 0 Å². The first kappa shape index (κ1) is 20.4. The predicted octanol–water partition coefficient (Wildman–Crippen LogP) is 3.37. The van der Waals surface area contributed by atoms with Crippen LogP contribution in [0.15, 0.2) is 54.0 Å². The number of guanidine groups is 1. The van der Waals surface area contributed by atoms with Gasteiger partial charge in [-0.25, -0.2) is 9.67 Å². The molecular formula is C18H23IN6S. The first-order chi connectivity index (χ1) is 12.3. The third kappa shape index (κ3) is 5.53. The van der Waals surface area contributed by atoms with E-state index in [-0.39, 0.29) is 24.0 Å². The van der Waals surface area contributed by atoms with E-state index >= 15 is 0 Å². The SMILES string of the molecule is CCc1ccc(CNC(=NC)NCc2ccc(-n3cncn3)cc2)s1.I. The molecule has 0 aliphatic rings. The number of aliphatic imine (C=N–C) groups is 1. The van der Waals surface area contributed by atoms with Crippen molar-refractivity contribution in [2.24, 2.45) is 4.99 Å². The van der Waals surface area contributed by atoms with Gasteiger partial charge in [0.1, 0.15) is 12.7 Å². The first-order valence-corrected chi connectivity index (χ1v) is 9.06. The van der Waals surface area contributed by atoms with E-state index in [1.165, 1.54) is 21.6 Å². The van der Waals surface area contributed by atoms with Crippen LogP contribution in [0.2, 0.25) is 0 Å². The highest BCUT2D eigenvalue weighted by atomic mass is 127. The van der Waals surface area contributed by atoms with Gasteiger partial charge in [-0.2, -0.15) is 5.10 Å². The summed E-state index contributed by atoms with van der Waals surface area (Å²) in [7, 11) is 1.79.